The molecule has 0 radical (unpaired) electrons. The molecule has 5 heteroatoms. The molecular weight excluding hydrogens is 264 g/mol. The van der Waals surface area contributed by atoms with E-state index in [4.69, 9.17) is 4.74 Å². The highest BCUT2D eigenvalue weighted by molar-refractivity contribution is 7.92. The van der Waals surface area contributed by atoms with Crippen molar-refractivity contribution in [2.24, 2.45) is 0 Å². The quantitative estimate of drug-likeness (QED) is 0.919. The lowest BCUT2D eigenvalue weighted by Crippen LogP contribution is -2.55. The van der Waals surface area contributed by atoms with E-state index in [1.54, 1.807) is 37.3 Å². The van der Waals surface area contributed by atoms with Gasteiger partial charge in [0, 0.05) is 0 Å². The van der Waals surface area contributed by atoms with Crippen LogP contribution in [0.25, 0.3) is 0 Å². The number of ether oxygens (including phenoxy) is 1. The summed E-state index contributed by atoms with van der Waals surface area (Å²) in [4.78, 5) is 0.265. The molecule has 1 fully saturated rings. The fourth-order valence-electron chi connectivity index (χ4n) is 2.49. The summed E-state index contributed by atoms with van der Waals surface area (Å²) in [5.74, 6) is 0. The third-order valence-corrected chi connectivity index (χ3v) is 6.13. The molecule has 1 saturated heterocycles. The normalized spacial score (nSPS) is 32.2. The van der Waals surface area contributed by atoms with Crippen LogP contribution in [0.2, 0.25) is 0 Å². The molecule has 19 heavy (non-hydrogen) atoms. The van der Waals surface area contributed by atoms with Crippen molar-refractivity contribution in [2.75, 3.05) is 6.61 Å². The van der Waals surface area contributed by atoms with E-state index >= 15 is 0 Å². The molecule has 2 rings (SSSR count). The number of rotatable bonds is 3. The first kappa shape index (κ1) is 14.5. The van der Waals surface area contributed by atoms with Crippen molar-refractivity contribution in [1.82, 2.24) is 0 Å². The maximum Gasteiger partial charge on any atom is 0.184 e. The molecule has 0 saturated carbocycles. The first-order valence-corrected chi connectivity index (χ1v) is 8.07. The number of hydrogen-bond acceptors (Lipinski definition) is 4. The standard InChI is InChI=1S/C14H20O4S/c1-3-14(15)10-18-11(2)9-13(14)19(16,17)12-7-5-4-6-8-12/h4-8,11,13,15H,3,9-10H2,1-2H3/t11-,13+,14-/m1/s1. The van der Waals surface area contributed by atoms with E-state index in [1.165, 1.54) is 0 Å². The van der Waals surface area contributed by atoms with Gasteiger partial charge in [-0.3, -0.25) is 0 Å². The Morgan fingerprint density at radius 3 is 2.58 bits per heavy atom. The molecule has 4 nitrogen and oxygen atoms in total. The van der Waals surface area contributed by atoms with Crippen LogP contribution in [0.1, 0.15) is 26.7 Å². The number of benzene rings is 1. The topological polar surface area (TPSA) is 63.6 Å². The van der Waals surface area contributed by atoms with Crippen LogP contribution in [0.15, 0.2) is 35.2 Å². The molecule has 1 aliphatic heterocycles. The molecule has 0 aliphatic carbocycles. The zero-order valence-electron chi connectivity index (χ0n) is 11.2. The molecule has 1 aromatic carbocycles. The Bertz CT molecular complexity index is 526. The summed E-state index contributed by atoms with van der Waals surface area (Å²) >= 11 is 0. The predicted octanol–water partition coefficient (Wildman–Crippen LogP) is 1.78. The fraction of sp³-hybridized carbons (Fsp3) is 0.571. The van der Waals surface area contributed by atoms with Gasteiger partial charge in [-0.25, -0.2) is 8.42 Å². The Morgan fingerprint density at radius 2 is 2.00 bits per heavy atom. The summed E-state index contributed by atoms with van der Waals surface area (Å²) in [5.41, 5.74) is -1.30. The smallest absolute Gasteiger partial charge is 0.184 e. The third kappa shape index (κ3) is 2.68. The average Bonchev–Trinajstić information content (AvgIpc) is 2.42. The summed E-state index contributed by atoms with van der Waals surface area (Å²) in [6.07, 6.45) is 0.521. The summed E-state index contributed by atoms with van der Waals surface area (Å²) < 4.78 is 30.8. The van der Waals surface area contributed by atoms with Gasteiger partial charge in [0.2, 0.25) is 0 Å². The molecule has 0 aromatic heterocycles. The molecule has 0 spiro atoms. The summed E-state index contributed by atoms with van der Waals surface area (Å²) in [7, 11) is -3.54. The molecule has 1 aliphatic rings. The summed E-state index contributed by atoms with van der Waals surface area (Å²) in [6, 6.07) is 8.32. The monoisotopic (exact) mass is 284 g/mol. The van der Waals surface area contributed by atoms with E-state index in [0.717, 1.165) is 0 Å². The second kappa shape index (κ2) is 5.23. The molecule has 1 heterocycles. The Kier molecular flexibility index (Phi) is 3.99. The number of hydrogen-bond donors (Lipinski definition) is 1. The maximum absolute atomic E-state index is 12.7. The zero-order chi connectivity index (χ0) is 14.1. The Labute approximate surface area is 114 Å². The lowest BCUT2D eigenvalue weighted by atomic mass is 9.91. The van der Waals surface area contributed by atoms with Gasteiger partial charge in [0.25, 0.3) is 0 Å². The lowest BCUT2D eigenvalue weighted by Gasteiger charge is -2.41. The molecule has 1 N–H and O–H groups in total. The van der Waals surface area contributed by atoms with Gasteiger partial charge in [-0.15, -0.1) is 0 Å². The van der Waals surface area contributed by atoms with Crippen molar-refractivity contribution >= 4 is 9.84 Å². The highest BCUT2D eigenvalue weighted by atomic mass is 32.2. The average molecular weight is 284 g/mol. The minimum absolute atomic E-state index is 0.0708. The van der Waals surface area contributed by atoms with Gasteiger partial charge >= 0.3 is 0 Å². The third-order valence-electron chi connectivity index (χ3n) is 3.82. The Balaban J connectivity index is 2.42. The number of sulfone groups is 1. The van der Waals surface area contributed by atoms with Gasteiger partial charge in [0.1, 0.15) is 5.60 Å². The van der Waals surface area contributed by atoms with E-state index < -0.39 is 20.7 Å². The molecule has 0 unspecified atom stereocenters. The minimum atomic E-state index is -3.54. The van der Waals surface area contributed by atoms with Crippen LogP contribution in [0.4, 0.5) is 0 Å². The molecule has 0 amide bonds. The van der Waals surface area contributed by atoms with Crippen LogP contribution in [0.3, 0.4) is 0 Å². The Hall–Kier alpha value is -0.910. The van der Waals surface area contributed by atoms with Crippen LogP contribution in [-0.4, -0.2) is 37.1 Å². The fourth-order valence-corrected chi connectivity index (χ4v) is 4.69. The minimum Gasteiger partial charge on any atom is -0.386 e. The van der Waals surface area contributed by atoms with Gasteiger partial charge in [-0.2, -0.15) is 0 Å². The van der Waals surface area contributed by atoms with Gasteiger partial charge in [0.15, 0.2) is 9.84 Å². The molecular formula is C14H20O4S. The molecule has 106 valence electrons. The summed E-state index contributed by atoms with van der Waals surface area (Å²) in [5, 5.41) is 9.74. The van der Waals surface area contributed by atoms with Gasteiger partial charge in [-0.05, 0) is 31.9 Å². The SMILES string of the molecule is CC[C@@]1(O)CO[C@H](C)C[C@@H]1S(=O)(=O)c1ccccc1. The van der Waals surface area contributed by atoms with Crippen molar-refractivity contribution < 1.29 is 18.3 Å². The highest BCUT2D eigenvalue weighted by Crippen LogP contribution is 2.34. The molecule has 1 aromatic rings. The van der Waals surface area contributed by atoms with Crippen molar-refractivity contribution in [1.29, 1.82) is 0 Å². The largest absolute Gasteiger partial charge is 0.386 e. The van der Waals surface area contributed by atoms with Crippen LogP contribution >= 0.6 is 0 Å². The van der Waals surface area contributed by atoms with Crippen LogP contribution in [-0.2, 0) is 14.6 Å². The van der Waals surface area contributed by atoms with Gasteiger partial charge in [-0.1, -0.05) is 25.1 Å². The first-order valence-electron chi connectivity index (χ1n) is 6.53. The molecule has 3 atom stereocenters. The first-order chi connectivity index (χ1) is 8.90. The highest BCUT2D eigenvalue weighted by Gasteiger charge is 2.48. The van der Waals surface area contributed by atoms with Crippen molar-refractivity contribution in [3.05, 3.63) is 30.3 Å². The van der Waals surface area contributed by atoms with Gasteiger partial charge in [0.05, 0.1) is 22.9 Å². The predicted molar refractivity (Wildman–Crippen MR) is 72.7 cm³/mol. The van der Waals surface area contributed by atoms with E-state index in [9.17, 15) is 13.5 Å². The van der Waals surface area contributed by atoms with Gasteiger partial charge < -0.3 is 9.84 Å². The van der Waals surface area contributed by atoms with Crippen molar-refractivity contribution in [2.45, 2.75) is 48.5 Å². The second-order valence-corrected chi connectivity index (χ2v) is 7.29. The van der Waals surface area contributed by atoms with Crippen molar-refractivity contribution in [3.8, 4) is 0 Å². The zero-order valence-corrected chi connectivity index (χ0v) is 12.1. The van der Waals surface area contributed by atoms with E-state index in [1.807, 2.05) is 6.92 Å². The lowest BCUT2D eigenvalue weighted by molar-refractivity contribution is -0.112. The van der Waals surface area contributed by atoms with Crippen LogP contribution < -0.4 is 0 Å². The Morgan fingerprint density at radius 1 is 1.37 bits per heavy atom. The summed E-state index contributed by atoms with van der Waals surface area (Å²) in [6.45, 7) is 3.69. The van der Waals surface area contributed by atoms with Crippen molar-refractivity contribution in [3.63, 3.8) is 0 Å². The van der Waals surface area contributed by atoms with Crippen LogP contribution in [0.5, 0.6) is 0 Å². The molecule has 0 bridgehead atoms. The van der Waals surface area contributed by atoms with Crippen LogP contribution in [0, 0.1) is 0 Å². The van der Waals surface area contributed by atoms with E-state index in [0.29, 0.717) is 12.8 Å². The van der Waals surface area contributed by atoms with E-state index in [2.05, 4.69) is 0 Å². The second-order valence-electron chi connectivity index (χ2n) is 5.16. The maximum atomic E-state index is 12.7. The van der Waals surface area contributed by atoms with E-state index in [-0.39, 0.29) is 17.6 Å². The number of aliphatic hydroxyl groups is 1.